The number of nitrogens with one attached hydrogen (secondary N) is 1. The molecule has 1 N–H and O–H groups in total. The molecule has 0 aromatic heterocycles. The van der Waals surface area contributed by atoms with Crippen molar-refractivity contribution >= 4 is 11.6 Å². The lowest BCUT2D eigenvalue weighted by atomic mass is 9.90. The number of benzene rings is 1. The van der Waals surface area contributed by atoms with E-state index in [0.29, 0.717) is 31.9 Å². The summed E-state index contributed by atoms with van der Waals surface area (Å²) in [4.78, 5) is 16.1. The van der Waals surface area contributed by atoms with Crippen molar-refractivity contribution in [3.05, 3.63) is 29.8 Å². The molecule has 1 aromatic rings. The van der Waals surface area contributed by atoms with E-state index in [-0.39, 0.29) is 18.4 Å². The first-order valence-electron chi connectivity index (χ1n) is 8.92. The molecule has 1 heterocycles. The largest absolute Gasteiger partial charge is 0.416 e. The summed E-state index contributed by atoms with van der Waals surface area (Å²) in [5.41, 5.74) is -1.05. The predicted molar refractivity (Wildman–Crippen MR) is 97.1 cm³/mol. The van der Waals surface area contributed by atoms with Gasteiger partial charge in [-0.15, -0.1) is 0 Å². The maximum Gasteiger partial charge on any atom is 0.416 e. The Morgan fingerprint density at radius 3 is 2.41 bits per heavy atom. The fourth-order valence-electron chi connectivity index (χ4n) is 2.88. The normalized spacial score (nSPS) is 18.1. The number of nitriles is 1. The van der Waals surface area contributed by atoms with Crippen molar-refractivity contribution in [1.82, 2.24) is 10.2 Å². The van der Waals surface area contributed by atoms with Crippen LogP contribution in [0.3, 0.4) is 0 Å². The maximum absolute atomic E-state index is 12.9. The van der Waals surface area contributed by atoms with Gasteiger partial charge in [-0.2, -0.15) is 18.4 Å². The van der Waals surface area contributed by atoms with Gasteiger partial charge in [0.15, 0.2) is 0 Å². The highest BCUT2D eigenvalue weighted by Crippen LogP contribution is 2.31. The van der Waals surface area contributed by atoms with E-state index in [9.17, 15) is 23.2 Å². The number of nitrogens with zero attached hydrogens (tertiary/aromatic N) is 3. The molecule has 2 rings (SSSR count). The maximum atomic E-state index is 12.9. The lowest BCUT2D eigenvalue weighted by Crippen LogP contribution is -2.54. The molecule has 0 radical (unpaired) electrons. The van der Waals surface area contributed by atoms with Gasteiger partial charge in [-0.25, -0.2) is 0 Å². The fraction of sp³-hybridized carbons (Fsp3) is 0.579. The molecule has 1 saturated heterocycles. The minimum Gasteiger partial charge on any atom is -0.369 e. The number of amides is 1. The number of carbonyl (C=O) groups is 1. The number of hydrogen-bond donors (Lipinski definition) is 1. The van der Waals surface area contributed by atoms with Crippen LogP contribution < -0.4 is 10.2 Å². The summed E-state index contributed by atoms with van der Waals surface area (Å²) in [7, 11) is 0. The van der Waals surface area contributed by atoms with E-state index in [4.69, 9.17) is 0 Å². The van der Waals surface area contributed by atoms with Crippen molar-refractivity contribution in [3.8, 4) is 6.07 Å². The molecule has 8 heteroatoms. The predicted octanol–water partition coefficient (Wildman–Crippen LogP) is 2.88. The molecular formula is C19H25F3N4O. The summed E-state index contributed by atoms with van der Waals surface area (Å²) in [5, 5.41) is 12.1. The number of hydrogen-bond acceptors (Lipinski definition) is 4. The molecule has 1 fully saturated rings. The van der Waals surface area contributed by atoms with Gasteiger partial charge in [0.25, 0.3) is 0 Å². The Balaban J connectivity index is 1.91. The van der Waals surface area contributed by atoms with Gasteiger partial charge in [-0.1, -0.05) is 19.9 Å². The first-order chi connectivity index (χ1) is 12.5. The Labute approximate surface area is 157 Å². The first kappa shape index (κ1) is 21.0. The number of anilines is 1. The van der Waals surface area contributed by atoms with Crippen LogP contribution in [0.5, 0.6) is 0 Å². The highest BCUT2D eigenvalue weighted by atomic mass is 19.4. The Morgan fingerprint density at radius 1 is 1.26 bits per heavy atom. The number of piperazine rings is 1. The quantitative estimate of drug-likeness (QED) is 0.851. The van der Waals surface area contributed by atoms with E-state index in [0.717, 1.165) is 12.1 Å². The molecule has 5 nitrogen and oxygen atoms in total. The van der Waals surface area contributed by atoms with Crippen LogP contribution in [0.4, 0.5) is 18.9 Å². The van der Waals surface area contributed by atoms with Gasteiger partial charge < -0.3 is 10.2 Å². The van der Waals surface area contributed by atoms with E-state index in [2.05, 4.69) is 11.4 Å². The van der Waals surface area contributed by atoms with Crippen molar-refractivity contribution in [2.24, 2.45) is 5.92 Å². The molecule has 27 heavy (non-hydrogen) atoms. The minimum atomic E-state index is -4.36. The van der Waals surface area contributed by atoms with Crippen LogP contribution in [0.25, 0.3) is 0 Å². The Bertz CT molecular complexity index is 706. The summed E-state index contributed by atoms with van der Waals surface area (Å²) in [6, 6.07) is 7.43. The molecule has 1 atom stereocenters. The zero-order valence-electron chi connectivity index (χ0n) is 15.8. The van der Waals surface area contributed by atoms with Gasteiger partial charge >= 0.3 is 6.18 Å². The second-order valence-corrected chi connectivity index (χ2v) is 7.33. The molecule has 0 spiro atoms. The molecule has 1 amide bonds. The topological polar surface area (TPSA) is 59.4 Å². The number of alkyl halides is 3. The summed E-state index contributed by atoms with van der Waals surface area (Å²) >= 11 is 0. The number of rotatable bonds is 5. The van der Waals surface area contributed by atoms with Crippen LogP contribution in [-0.4, -0.2) is 49.1 Å². The Morgan fingerprint density at radius 2 is 1.89 bits per heavy atom. The molecule has 148 valence electrons. The molecule has 0 unspecified atom stereocenters. The summed E-state index contributed by atoms with van der Waals surface area (Å²) in [5.74, 6) is -0.246. The van der Waals surface area contributed by atoms with E-state index >= 15 is 0 Å². The van der Waals surface area contributed by atoms with E-state index in [1.807, 2.05) is 23.6 Å². The summed E-state index contributed by atoms with van der Waals surface area (Å²) < 4.78 is 38.6. The molecule has 0 saturated carbocycles. The van der Waals surface area contributed by atoms with Crippen molar-refractivity contribution in [1.29, 1.82) is 5.26 Å². The van der Waals surface area contributed by atoms with Crippen LogP contribution in [0.1, 0.15) is 26.3 Å². The molecule has 1 aliphatic heterocycles. The summed E-state index contributed by atoms with van der Waals surface area (Å²) in [6.07, 6.45) is -4.36. The van der Waals surface area contributed by atoms with Crippen molar-refractivity contribution < 1.29 is 18.0 Å². The third-order valence-electron chi connectivity index (χ3n) is 5.06. The van der Waals surface area contributed by atoms with E-state index in [1.165, 1.54) is 6.07 Å². The third kappa shape index (κ3) is 5.36. The molecular weight excluding hydrogens is 357 g/mol. The highest BCUT2D eigenvalue weighted by molar-refractivity contribution is 5.79. The van der Waals surface area contributed by atoms with Gasteiger partial charge in [-0.05, 0) is 31.0 Å². The van der Waals surface area contributed by atoms with Gasteiger partial charge in [0.2, 0.25) is 5.91 Å². The van der Waals surface area contributed by atoms with Crippen LogP contribution in [0, 0.1) is 17.2 Å². The second-order valence-electron chi connectivity index (χ2n) is 7.33. The van der Waals surface area contributed by atoms with Crippen molar-refractivity contribution in [3.63, 3.8) is 0 Å². The lowest BCUT2D eigenvalue weighted by Gasteiger charge is -2.36. The third-order valence-corrected chi connectivity index (χ3v) is 5.06. The van der Waals surface area contributed by atoms with Crippen LogP contribution >= 0.6 is 0 Å². The van der Waals surface area contributed by atoms with Gasteiger partial charge in [-0.3, -0.25) is 9.69 Å². The molecule has 0 bridgehead atoms. The SMILES string of the molecule is CC(C)[C@](C)(C#N)NC(=O)CN1CCN(c2cccc(C(F)(F)F)c2)CC1. The Kier molecular flexibility index (Phi) is 6.37. The van der Waals surface area contributed by atoms with Crippen LogP contribution in [-0.2, 0) is 11.0 Å². The van der Waals surface area contributed by atoms with Crippen LogP contribution in [0.15, 0.2) is 24.3 Å². The van der Waals surface area contributed by atoms with Crippen molar-refractivity contribution in [2.75, 3.05) is 37.6 Å². The number of halogens is 3. The zero-order valence-corrected chi connectivity index (χ0v) is 15.8. The van der Waals surface area contributed by atoms with Crippen molar-refractivity contribution in [2.45, 2.75) is 32.5 Å². The molecule has 0 aliphatic carbocycles. The average molecular weight is 382 g/mol. The highest BCUT2D eigenvalue weighted by Gasteiger charge is 2.32. The lowest BCUT2D eigenvalue weighted by molar-refractivity contribution is -0.137. The second kappa shape index (κ2) is 8.17. The molecule has 1 aliphatic rings. The summed E-state index contributed by atoms with van der Waals surface area (Å²) in [6.45, 7) is 7.81. The minimum absolute atomic E-state index is 0.0239. The zero-order chi connectivity index (χ0) is 20.2. The van der Waals surface area contributed by atoms with Gasteiger partial charge in [0, 0.05) is 31.9 Å². The van der Waals surface area contributed by atoms with Gasteiger partial charge in [0.05, 0.1) is 18.2 Å². The van der Waals surface area contributed by atoms with Gasteiger partial charge in [0.1, 0.15) is 5.54 Å². The average Bonchev–Trinajstić information content (AvgIpc) is 2.61. The van der Waals surface area contributed by atoms with E-state index in [1.54, 1.807) is 13.0 Å². The monoisotopic (exact) mass is 382 g/mol. The van der Waals surface area contributed by atoms with Crippen LogP contribution in [0.2, 0.25) is 0 Å². The smallest absolute Gasteiger partial charge is 0.369 e. The molecule has 1 aromatic carbocycles. The van der Waals surface area contributed by atoms with E-state index < -0.39 is 17.3 Å². The fourth-order valence-corrected chi connectivity index (χ4v) is 2.88. The Hall–Kier alpha value is -2.27. The number of carbonyl (C=O) groups excluding carboxylic acids is 1. The first-order valence-corrected chi connectivity index (χ1v) is 8.92. The standard InChI is InChI=1S/C19H25F3N4O/c1-14(2)18(3,13-23)24-17(27)12-25-7-9-26(10-8-25)16-6-4-5-15(11-16)19(20,21)22/h4-6,11,14H,7-10,12H2,1-3H3,(H,24,27)/t18-/m0/s1.